The summed E-state index contributed by atoms with van der Waals surface area (Å²) in [6, 6.07) is 0. The Morgan fingerprint density at radius 2 is 2.18 bits per heavy atom. The number of hydrogen-bond donors (Lipinski definition) is 1. The lowest BCUT2D eigenvalue weighted by Gasteiger charge is -2.20. The van der Waals surface area contributed by atoms with Gasteiger partial charge in [-0.3, -0.25) is 4.79 Å². The van der Waals surface area contributed by atoms with Crippen molar-refractivity contribution in [2.45, 2.75) is 38.0 Å². The Balaban J connectivity index is 2.17. The summed E-state index contributed by atoms with van der Waals surface area (Å²) in [7, 11) is 0. The Hall–Kier alpha value is -0.940. The second-order valence-corrected chi connectivity index (χ2v) is 5.94. The van der Waals surface area contributed by atoms with E-state index < -0.39 is 11.4 Å². The van der Waals surface area contributed by atoms with E-state index in [4.69, 9.17) is 4.74 Å². The van der Waals surface area contributed by atoms with Gasteiger partial charge < -0.3 is 9.84 Å². The van der Waals surface area contributed by atoms with Crippen LogP contribution in [0.1, 0.15) is 42.5 Å². The van der Waals surface area contributed by atoms with Gasteiger partial charge in [0, 0.05) is 30.2 Å². The fraction of sp³-hybridized carbons (Fsp3) is 0.667. The third-order valence-electron chi connectivity index (χ3n) is 3.24. The van der Waals surface area contributed by atoms with Gasteiger partial charge in [-0.05, 0) is 26.7 Å². The van der Waals surface area contributed by atoms with Crippen molar-refractivity contribution < 1.29 is 14.6 Å². The van der Waals surface area contributed by atoms with E-state index in [1.807, 2.05) is 0 Å². The molecule has 1 aliphatic rings. The van der Waals surface area contributed by atoms with Crippen molar-refractivity contribution in [2.24, 2.45) is 0 Å². The summed E-state index contributed by atoms with van der Waals surface area (Å²) in [4.78, 5) is 16.4. The van der Waals surface area contributed by atoms with Crippen LogP contribution >= 0.6 is 11.3 Å². The summed E-state index contributed by atoms with van der Waals surface area (Å²) >= 11 is 1.53. The highest BCUT2D eigenvalue weighted by molar-refractivity contribution is 7.12. The largest absolute Gasteiger partial charge is 0.481 e. The molecule has 0 unspecified atom stereocenters. The highest BCUT2D eigenvalue weighted by atomic mass is 32.1. The van der Waals surface area contributed by atoms with Gasteiger partial charge in [-0.2, -0.15) is 0 Å². The number of carbonyl (C=O) groups is 1. The summed E-state index contributed by atoms with van der Waals surface area (Å²) in [5, 5.41) is 10.2. The molecule has 5 heteroatoms. The summed E-state index contributed by atoms with van der Waals surface area (Å²) in [5.74, 6) is -0.369. The predicted octanol–water partition coefficient (Wildman–Crippen LogP) is 2.40. The third-order valence-corrected chi connectivity index (χ3v) is 4.73. The van der Waals surface area contributed by atoms with Crippen LogP contribution in [0.5, 0.6) is 0 Å². The van der Waals surface area contributed by atoms with Crippen LogP contribution in [0.3, 0.4) is 0 Å². The minimum absolute atomic E-state index is 0.437. The van der Waals surface area contributed by atoms with E-state index in [0.717, 1.165) is 35.9 Å². The normalized spacial score (nSPS) is 18.2. The zero-order chi connectivity index (χ0) is 12.5. The molecule has 2 heterocycles. The summed E-state index contributed by atoms with van der Waals surface area (Å²) in [6.07, 6.45) is 3.69. The van der Waals surface area contributed by atoms with Gasteiger partial charge in [-0.25, -0.2) is 4.98 Å². The van der Waals surface area contributed by atoms with Crippen LogP contribution in [-0.2, 0) is 14.9 Å². The van der Waals surface area contributed by atoms with Gasteiger partial charge >= 0.3 is 5.97 Å². The molecule has 0 bridgehead atoms. The molecule has 1 aromatic rings. The first-order valence-corrected chi connectivity index (χ1v) is 6.61. The van der Waals surface area contributed by atoms with Crippen molar-refractivity contribution >= 4 is 17.3 Å². The number of thiazole rings is 1. The minimum Gasteiger partial charge on any atom is -0.481 e. The molecule has 0 aliphatic carbocycles. The quantitative estimate of drug-likeness (QED) is 0.901. The van der Waals surface area contributed by atoms with Crippen LogP contribution in [0, 0.1) is 0 Å². The summed E-state index contributed by atoms with van der Waals surface area (Å²) in [6.45, 7) is 5.00. The van der Waals surface area contributed by atoms with Crippen LogP contribution in [0.4, 0.5) is 0 Å². The van der Waals surface area contributed by atoms with E-state index in [9.17, 15) is 9.90 Å². The molecule has 1 aromatic heterocycles. The number of aromatic nitrogens is 1. The number of rotatable bonds is 3. The van der Waals surface area contributed by atoms with Crippen LogP contribution in [0.15, 0.2) is 6.20 Å². The van der Waals surface area contributed by atoms with Crippen molar-refractivity contribution in [3.05, 3.63) is 16.1 Å². The van der Waals surface area contributed by atoms with Gasteiger partial charge in [0.15, 0.2) is 0 Å². The molecule has 1 fully saturated rings. The molecule has 0 aromatic carbocycles. The second-order valence-electron chi connectivity index (χ2n) is 4.88. The highest BCUT2D eigenvalue weighted by Gasteiger charge is 2.32. The van der Waals surface area contributed by atoms with Gasteiger partial charge in [-0.15, -0.1) is 11.3 Å². The van der Waals surface area contributed by atoms with E-state index >= 15 is 0 Å². The fourth-order valence-electron chi connectivity index (χ4n) is 1.82. The smallest absolute Gasteiger partial charge is 0.314 e. The lowest BCUT2D eigenvalue weighted by Crippen LogP contribution is -2.27. The maximum Gasteiger partial charge on any atom is 0.314 e. The number of carboxylic acids is 1. The van der Waals surface area contributed by atoms with Crippen LogP contribution in [-0.4, -0.2) is 29.3 Å². The molecule has 4 nitrogen and oxygen atoms in total. The van der Waals surface area contributed by atoms with Gasteiger partial charge in [0.1, 0.15) is 0 Å². The molecule has 0 amide bonds. The molecule has 0 spiro atoms. The number of nitrogens with zero attached hydrogens (tertiary/aromatic N) is 1. The van der Waals surface area contributed by atoms with Gasteiger partial charge in [0.25, 0.3) is 0 Å². The number of ether oxygens (including phenoxy) is 1. The molecule has 0 atom stereocenters. The molecule has 0 radical (unpaired) electrons. The van der Waals surface area contributed by atoms with Crippen LogP contribution in [0.25, 0.3) is 0 Å². The van der Waals surface area contributed by atoms with E-state index in [0.29, 0.717) is 5.92 Å². The summed E-state index contributed by atoms with van der Waals surface area (Å²) in [5.41, 5.74) is -0.846. The zero-order valence-electron chi connectivity index (χ0n) is 10.1. The number of aliphatic carboxylic acids is 1. The Bertz CT molecular complexity index is 408. The lowest BCUT2D eigenvalue weighted by molar-refractivity contribution is -0.142. The average Bonchev–Trinajstić information content (AvgIpc) is 2.80. The molecular formula is C12H17NO3S. The molecule has 0 saturated carbocycles. The highest BCUT2D eigenvalue weighted by Crippen LogP contribution is 2.35. The zero-order valence-corrected chi connectivity index (χ0v) is 10.9. The minimum atomic E-state index is -0.846. The monoisotopic (exact) mass is 255 g/mol. The SMILES string of the molecule is CC(C)(C(=O)O)c1cnc(C2CCOCC2)s1. The molecule has 17 heavy (non-hydrogen) atoms. The topological polar surface area (TPSA) is 59.4 Å². The van der Waals surface area contributed by atoms with Crippen molar-refractivity contribution in [1.29, 1.82) is 0 Å². The van der Waals surface area contributed by atoms with Crippen molar-refractivity contribution in [3.63, 3.8) is 0 Å². The first kappa shape index (κ1) is 12.5. The lowest BCUT2D eigenvalue weighted by atomic mass is 9.93. The van der Waals surface area contributed by atoms with E-state index in [-0.39, 0.29) is 0 Å². The van der Waals surface area contributed by atoms with E-state index in [2.05, 4.69) is 4.98 Å². The standard InChI is InChI=1S/C12H17NO3S/c1-12(2,11(14)15)9-7-13-10(17-9)8-3-5-16-6-4-8/h7-8H,3-6H2,1-2H3,(H,14,15). The van der Waals surface area contributed by atoms with Crippen LogP contribution < -0.4 is 0 Å². The predicted molar refractivity (Wildman–Crippen MR) is 65.6 cm³/mol. The number of carboxylic acid groups (broad SMARTS) is 1. The molecular weight excluding hydrogens is 238 g/mol. The maximum atomic E-state index is 11.2. The first-order chi connectivity index (χ1) is 8.01. The molecule has 94 valence electrons. The van der Waals surface area contributed by atoms with E-state index in [1.165, 1.54) is 11.3 Å². The Labute approximate surface area is 105 Å². The molecule has 1 N–H and O–H groups in total. The summed E-state index contributed by atoms with van der Waals surface area (Å²) < 4.78 is 5.32. The third kappa shape index (κ3) is 2.50. The van der Waals surface area contributed by atoms with Crippen molar-refractivity contribution in [2.75, 3.05) is 13.2 Å². The number of hydrogen-bond acceptors (Lipinski definition) is 4. The van der Waals surface area contributed by atoms with E-state index in [1.54, 1.807) is 20.0 Å². The van der Waals surface area contributed by atoms with Crippen LogP contribution in [0.2, 0.25) is 0 Å². The first-order valence-electron chi connectivity index (χ1n) is 5.79. The Morgan fingerprint density at radius 3 is 2.76 bits per heavy atom. The maximum absolute atomic E-state index is 11.2. The molecule has 1 saturated heterocycles. The Morgan fingerprint density at radius 1 is 1.53 bits per heavy atom. The molecule has 1 aliphatic heterocycles. The Kier molecular flexibility index (Phi) is 3.49. The van der Waals surface area contributed by atoms with Gasteiger partial charge in [0.05, 0.1) is 10.4 Å². The van der Waals surface area contributed by atoms with Gasteiger partial charge in [-0.1, -0.05) is 0 Å². The average molecular weight is 255 g/mol. The fourth-order valence-corrected chi connectivity index (χ4v) is 3.00. The second kappa shape index (κ2) is 4.74. The van der Waals surface area contributed by atoms with Crippen molar-refractivity contribution in [3.8, 4) is 0 Å². The van der Waals surface area contributed by atoms with Crippen molar-refractivity contribution in [1.82, 2.24) is 4.98 Å². The molecule has 2 rings (SSSR count). The van der Waals surface area contributed by atoms with Gasteiger partial charge in [0.2, 0.25) is 0 Å².